The highest BCUT2D eigenvalue weighted by atomic mass is 16.4. The van der Waals surface area contributed by atoms with Gasteiger partial charge in [-0.05, 0) is 13.3 Å². The van der Waals surface area contributed by atoms with Crippen LogP contribution in [0.2, 0.25) is 0 Å². The SMILES string of the molecule is CCC(C)c1nc(C)c(C(=O)O)c(=O)[nH]1. The number of aryl methyl sites for hydroxylation is 1. The molecule has 0 saturated carbocycles. The van der Waals surface area contributed by atoms with E-state index in [1.807, 2.05) is 13.8 Å². The first-order chi connectivity index (χ1) is 6.97. The van der Waals surface area contributed by atoms with Gasteiger partial charge in [-0.1, -0.05) is 13.8 Å². The minimum atomic E-state index is -1.24. The summed E-state index contributed by atoms with van der Waals surface area (Å²) in [5, 5.41) is 8.77. The van der Waals surface area contributed by atoms with Crippen LogP contribution in [0, 0.1) is 6.92 Å². The standard InChI is InChI=1S/C10H14N2O3/c1-4-5(2)8-11-6(3)7(10(14)15)9(13)12-8/h5H,4H2,1-3H3,(H,14,15)(H,11,12,13). The summed E-state index contributed by atoms with van der Waals surface area (Å²) in [6.07, 6.45) is 0.842. The van der Waals surface area contributed by atoms with Crippen molar-refractivity contribution in [3.05, 3.63) is 27.4 Å². The smallest absolute Gasteiger partial charge is 0.343 e. The Labute approximate surface area is 87.2 Å². The molecule has 0 aliphatic rings. The summed E-state index contributed by atoms with van der Waals surface area (Å²) in [5.74, 6) is -0.568. The summed E-state index contributed by atoms with van der Waals surface area (Å²) in [6, 6.07) is 0. The molecule has 82 valence electrons. The highest BCUT2D eigenvalue weighted by molar-refractivity contribution is 5.88. The van der Waals surface area contributed by atoms with Crippen molar-refractivity contribution in [2.24, 2.45) is 0 Å². The Morgan fingerprint density at radius 2 is 2.20 bits per heavy atom. The van der Waals surface area contributed by atoms with E-state index in [1.54, 1.807) is 0 Å². The van der Waals surface area contributed by atoms with Crippen molar-refractivity contribution in [1.29, 1.82) is 0 Å². The van der Waals surface area contributed by atoms with Gasteiger partial charge >= 0.3 is 5.97 Å². The number of rotatable bonds is 3. The van der Waals surface area contributed by atoms with Gasteiger partial charge in [0.2, 0.25) is 0 Å². The summed E-state index contributed by atoms with van der Waals surface area (Å²) in [5.41, 5.74) is -0.589. The molecule has 0 aromatic carbocycles. The molecule has 0 bridgehead atoms. The molecule has 15 heavy (non-hydrogen) atoms. The largest absolute Gasteiger partial charge is 0.477 e. The van der Waals surface area contributed by atoms with Crippen LogP contribution in [0.4, 0.5) is 0 Å². The monoisotopic (exact) mass is 210 g/mol. The Balaban J connectivity index is 3.32. The Morgan fingerprint density at radius 1 is 1.60 bits per heavy atom. The number of hydrogen-bond donors (Lipinski definition) is 2. The summed E-state index contributed by atoms with van der Waals surface area (Å²) in [4.78, 5) is 28.8. The van der Waals surface area contributed by atoms with E-state index in [2.05, 4.69) is 9.97 Å². The fourth-order valence-electron chi connectivity index (χ4n) is 1.29. The number of nitrogens with one attached hydrogen (secondary N) is 1. The van der Waals surface area contributed by atoms with Crippen LogP contribution in [0.15, 0.2) is 4.79 Å². The number of carboxylic acid groups (broad SMARTS) is 1. The maximum absolute atomic E-state index is 11.4. The average Bonchev–Trinajstić information content (AvgIpc) is 2.14. The lowest BCUT2D eigenvalue weighted by atomic mass is 10.1. The molecule has 2 N–H and O–H groups in total. The summed E-state index contributed by atoms with van der Waals surface area (Å²) in [7, 11) is 0. The maximum Gasteiger partial charge on any atom is 0.343 e. The molecule has 1 aromatic rings. The number of hydrogen-bond acceptors (Lipinski definition) is 3. The van der Waals surface area contributed by atoms with E-state index in [0.29, 0.717) is 5.82 Å². The third-order valence-electron chi connectivity index (χ3n) is 2.41. The summed E-state index contributed by atoms with van der Waals surface area (Å²) >= 11 is 0. The fraction of sp³-hybridized carbons (Fsp3) is 0.500. The summed E-state index contributed by atoms with van der Waals surface area (Å²) in [6.45, 7) is 5.44. The minimum Gasteiger partial charge on any atom is -0.477 e. The van der Waals surface area contributed by atoms with Crippen LogP contribution >= 0.6 is 0 Å². The third-order valence-corrected chi connectivity index (χ3v) is 2.41. The van der Waals surface area contributed by atoms with Crippen LogP contribution in [0.3, 0.4) is 0 Å². The number of H-pyrrole nitrogens is 1. The van der Waals surface area contributed by atoms with Gasteiger partial charge in [0.25, 0.3) is 5.56 Å². The zero-order valence-corrected chi connectivity index (χ0v) is 9.00. The Hall–Kier alpha value is -1.65. The second-order valence-electron chi connectivity index (χ2n) is 3.53. The second-order valence-corrected chi connectivity index (χ2v) is 3.53. The molecule has 1 atom stereocenters. The molecule has 0 spiro atoms. The second kappa shape index (κ2) is 4.25. The number of carboxylic acids is 1. The Kier molecular flexibility index (Phi) is 3.24. The molecule has 1 unspecified atom stereocenters. The fourth-order valence-corrected chi connectivity index (χ4v) is 1.29. The van der Waals surface area contributed by atoms with Crippen LogP contribution in [0.25, 0.3) is 0 Å². The Bertz CT molecular complexity index is 437. The van der Waals surface area contributed by atoms with Crippen LogP contribution in [-0.2, 0) is 0 Å². The van der Waals surface area contributed by atoms with Crippen molar-refractivity contribution in [2.45, 2.75) is 33.1 Å². The molecule has 0 saturated heterocycles. The van der Waals surface area contributed by atoms with Crippen LogP contribution in [-0.4, -0.2) is 21.0 Å². The normalized spacial score (nSPS) is 12.5. The van der Waals surface area contributed by atoms with Crippen molar-refractivity contribution >= 4 is 5.97 Å². The molecule has 1 heterocycles. The summed E-state index contributed by atoms with van der Waals surface area (Å²) < 4.78 is 0. The molecule has 0 amide bonds. The van der Waals surface area contributed by atoms with E-state index in [4.69, 9.17) is 5.11 Å². The molecule has 0 aliphatic heterocycles. The molecule has 1 rings (SSSR count). The van der Waals surface area contributed by atoms with Gasteiger partial charge in [0.1, 0.15) is 11.4 Å². The number of aromatic amines is 1. The van der Waals surface area contributed by atoms with E-state index < -0.39 is 11.5 Å². The van der Waals surface area contributed by atoms with Crippen molar-refractivity contribution < 1.29 is 9.90 Å². The van der Waals surface area contributed by atoms with Gasteiger partial charge in [0, 0.05) is 5.92 Å². The number of aromatic carboxylic acids is 1. The highest BCUT2D eigenvalue weighted by Crippen LogP contribution is 2.13. The first-order valence-electron chi connectivity index (χ1n) is 4.81. The first-order valence-corrected chi connectivity index (χ1v) is 4.81. The van der Waals surface area contributed by atoms with Crippen molar-refractivity contribution in [1.82, 2.24) is 9.97 Å². The van der Waals surface area contributed by atoms with Crippen molar-refractivity contribution in [2.75, 3.05) is 0 Å². The Morgan fingerprint density at radius 3 is 2.60 bits per heavy atom. The quantitative estimate of drug-likeness (QED) is 0.787. The minimum absolute atomic E-state index is 0.124. The molecule has 0 aliphatic carbocycles. The number of aromatic nitrogens is 2. The van der Waals surface area contributed by atoms with E-state index in [9.17, 15) is 9.59 Å². The van der Waals surface area contributed by atoms with Crippen molar-refractivity contribution in [3.8, 4) is 0 Å². The van der Waals surface area contributed by atoms with E-state index in [-0.39, 0.29) is 17.2 Å². The predicted molar refractivity (Wildman–Crippen MR) is 55.3 cm³/mol. The van der Waals surface area contributed by atoms with Gasteiger partial charge in [0.05, 0.1) is 5.69 Å². The number of nitrogens with zero attached hydrogens (tertiary/aromatic N) is 1. The van der Waals surface area contributed by atoms with Gasteiger partial charge in [-0.15, -0.1) is 0 Å². The predicted octanol–water partition coefficient (Wildman–Crippen LogP) is 1.29. The molecular formula is C10H14N2O3. The van der Waals surface area contributed by atoms with E-state index in [1.165, 1.54) is 6.92 Å². The molecule has 1 aromatic heterocycles. The van der Waals surface area contributed by atoms with Gasteiger partial charge in [-0.25, -0.2) is 9.78 Å². The lowest BCUT2D eigenvalue weighted by molar-refractivity contribution is 0.0693. The third kappa shape index (κ3) is 2.23. The first kappa shape index (κ1) is 11.4. The van der Waals surface area contributed by atoms with E-state index >= 15 is 0 Å². The van der Waals surface area contributed by atoms with Gasteiger partial charge < -0.3 is 10.1 Å². The lowest BCUT2D eigenvalue weighted by Crippen LogP contribution is -2.23. The topological polar surface area (TPSA) is 83.0 Å². The lowest BCUT2D eigenvalue weighted by Gasteiger charge is -2.09. The number of carbonyl (C=O) groups is 1. The highest BCUT2D eigenvalue weighted by Gasteiger charge is 2.16. The molecule has 5 nitrogen and oxygen atoms in total. The van der Waals surface area contributed by atoms with Gasteiger partial charge in [0.15, 0.2) is 0 Å². The molecular weight excluding hydrogens is 196 g/mol. The van der Waals surface area contributed by atoms with Gasteiger partial charge in [-0.2, -0.15) is 0 Å². The molecule has 5 heteroatoms. The van der Waals surface area contributed by atoms with Crippen LogP contribution < -0.4 is 5.56 Å². The zero-order valence-electron chi connectivity index (χ0n) is 9.00. The van der Waals surface area contributed by atoms with Crippen molar-refractivity contribution in [3.63, 3.8) is 0 Å². The maximum atomic E-state index is 11.4. The average molecular weight is 210 g/mol. The molecule has 0 fully saturated rings. The molecule has 0 radical (unpaired) electrons. The van der Waals surface area contributed by atoms with Crippen LogP contribution in [0.5, 0.6) is 0 Å². The van der Waals surface area contributed by atoms with E-state index in [0.717, 1.165) is 6.42 Å². The van der Waals surface area contributed by atoms with Gasteiger partial charge in [-0.3, -0.25) is 4.79 Å². The zero-order chi connectivity index (χ0) is 11.6. The van der Waals surface area contributed by atoms with Crippen LogP contribution in [0.1, 0.15) is 48.1 Å².